The molecule has 0 radical (unpaired) electrons. The lowest BCUT2D eigenvalue weighted by Crippen LogP contribution is -2.28. The van der Waals surface area contributed by atoms with Crippen molar-refractivity contribution < 1.29 is 4.79 Å². The van der Waals surface area contributed by atoms with Gasteiger partial charge in [0, 0.05) is 25.4 Å². The summed E-state index contributed by atoms with van der Waals surface area (Å²) >= 11 is 5.28. The lowest BCUT2D eigenvalue weighted by Gasteiger charge is -1.98. The van der Waals surface area contributed by atoms with Crippen molar-refractivity contribution in [2.75, 3.05) is 19.0 Å². The summed E-state index contributed by atoms with van der Waals surface area (Å²) in [5, 5.41) is 2.58. The average Bonchev–Trinajstić information content (AvgIpc) is 1.85. The summed E-state index contributed by atoms with van der Waals surface area (Å²) in [5.74, 6) is 0.339. The largest absolute Gasteiger partial charge is 0.355 e. The number of nitrogens with two attached hydrogens (primary N) is 1. The Morgan fingerprint density at radius 3 is 2.78 bits per heavy atom. The van der Waals surface area contributed by atoms with Crippen LogP contribution < -0.4 is 11.1 Å². The molecule has 0 aliphatic carbocycles. The predicted octanol–water partition coefficient (Wildman–Crippen LogP) is -0.310. The summed E-state index contributed by atoms with van der Waals surface area (Å²) in [5.41, 5.74) is 5.13. The van der Waals surface area contributed by atoms with E-state index in [9.17, 15) is 4.79 Å². The van der Waals surface area contributed by atoms with E-state index < -0.39 is 0 Å². The Balaban J connectivity index is 3.06. The second-order valence-electron chi connectivity index (χ2n) is 1.58. The molecule has 9 heavy (non-hydrogen) atoms. The number of carbonyl (C=O) groups is 1. The number of alkyl halides is 1. The Morgan fingerprint density at radius 2 is 2.33 bits per heavy atom. The Labute approximate surface area is 59.6 Å². The van der Waals surface area contributed by atoms with Gasteiger partial charge in [-0.3, -0.25) is 4.79 Å². The number of rotatable bonds is 4. The number of hydrogen-bond donors (Lipinski definition) is 2. The van der Waals surface area contributed by atoms with Crippen LogP contribution in [0.15, 0.2) is 0 Å². The van der Waals surface area contributed by atoms with E-state index >= 15 is 0 Å². The highest BCUT2D eigenvalue weighted by atomic mass is 35.5. The van der Waals surface area contributed by atoms with Crippen molar-refractivity contribution in [3.8, 4) is 0 Å². The molecule has 3 nitrogen and oxygen atoms in total. The molecule has 0 aromatic heterocycles. The van der Waals surface area contributed by atoms with Gasteiger partial charge >= 0.3 is 0 Å². The average molecular weight is 151 g/mol. The van der Waals surface area contributed by atoms with Gasteiger partial charge in [-0.1, -0.05) is 0 Å². The maximum Gasteiger partial charge on any atom is 0.221 e. The Hall–Kier alpha value is -0.280. The first-order chi connectivity index (χ1) is 4.31. The van der Waals surface area contributed by atoms with Crippen molar-refractivity contribution in [3.05, 3.63) is 0 Å². The van der Waals surface area contributed by atoms with E-state index in [0.717, 1.165) is 0 Å². The summed E-state index contributed by atoms with van der Waals surface area (Å²) in [7, 11) is 0. The minimum Gasteiger partial charge on any atom is -0.355 e. The van der Waals surface area contributed by atoms with Crippen LogP contribution in [0, 0.1) is 0 Å². The van der Waals surface area contributed by atoms with Crippen LogP contribution in [-0.4, -0.2) is 24.9 Å². The normalized spacial score (nSPS) is 9.11. The zero-order valence-electron chi connectivity index (χ0n) is 5.19. The van der Waals surface area contributed by atoms with E-state index in [1.807, 2.05) is 0 Å². The van der Waals surface area contributed by atoms with Crippen LogP contribution in [0.3, 0.4) is 0 Å². The SMILES string of the molecule is NCCNC(=O)CCCl. The first-order valence-corrected chi connectivity index (χ1v) is 3.37. The third-order valence-corrected chi connectivity index (χ3v) is 0.977. The van der Waals surface area contributed by atoms with Gasteiger partial charge in [-0.15, -0.1) is 11.6 Å². The third kappa shape index (κ3) is 5.59. The fraction of sp³-hybridized carbons (Fsp3) is 0.800. The smallest absolute Gasteiger partial charge is 0.221 e. The van der Waals surface area contributed by atoms with Crippen LogP contribution in [-0.2, 0) is 4.79 Å². The van der Waals surface area contributed by atoms with Gasteiger partial charge in [-0.25, -0.2) is 0 Å². The third-order valence-electron chi connectivity index (χ3n) is 0.788. The highest BCUT2D eigenvalue weighted by Crippen LogP contribution is 1.82. The molecule has 0 aromatic rings. The van der Waals surface area contributed by atoms with Crippen molar-refractivity contribution in [2.24, 2.45) is 5.73 Å². The van der Waals surface area contributed by atoms with E-state index in [1.165, 1.54) is 0 Å². The van der Waals surface area contributed by atoms with Crippen LogP contribution in [0.25, 0.3) is 0 Å². The van der Waals surface area contributed by atoms with Crippen molar-refractivity contribution in [1.29, 1.82) is 0 Å². The quantitative estimate of drug-likeness (QED) is 0.541. The van der Waals surface area contributed by atoms with Gasteiger partial charge in [0.1, 0.15) is 0 Å². The van der Waals surface area contributed by atoms with Gasteiger partial charge in [0.2, 0.25) is 5.91 Å². The molecule has 0 aliphatic heterocycles. The van der Waals surface area contributed by atoms with Crippen LogP contribution in [0.5, 0.6) is 0 Å². The maximum absolute atomic E-state index is 10.6. The molecular formula is C5H11ClN2O. The predicted molar refractivity (Wildman–Crippen MR) is 37.4 cm³/mol. The summed E-state index contributed by atoms with van der Waals surface area (Å²) in [4.78, 5) is 10.6. The molecule has 0 unspecified atom stereocenters. The molecule has 54 valence electrons. The molecule has 0 saturated heterocycles. The second-order valence-corrected chi connectivity index (χ2v) is 1.96. The standard InChI is InChI=1S/C5H11ClN2O/c6-2-1-5(9)8-4-3-7/h1-4,7H2,(H,8,9). The number of amides is 1. The van der Waals surface area contributed by atoms with E-state index in [1.54, 1.807) is 0 Å². The molecule has 0 saturated carbocycles. The molecule has 1 amide bonds. The number of hydrogen-bond acceptors (Lipinski definition) is 2. The van der Waals surface area contributed by atoms with Gasteiger partial charge in [-0.05, 0) is 0 Å². The highest BCUT2D eigenvalue weighted by Gasteiger charge is 1.95. The molecule has 0 aromatic carbocycles. The zero-order valence-corrected chi connectivity index (χ0v) is 5.95. The van der Waals surface area contributed by atoms with Crippen LogP contribution in [0.2, 0.25) is 0 Å². The van der Waals surface area contributed by atoms with E-state index in [2.05, 4.69) is 5.32 Å². The van der Waals surface area contributed by atoms with Crippen LogP contribution in [0.4, 0.5) is 0 Å². The van der Waals surface area contributed by atoms with Crippen molar-refractivity contribution in [2.45, 2.75) is 6.42 Å². The number of carbonyl (C=O) groups excluding carboxylic acids is 1. The Kier molecular flexibility index (Phi) is 5.67. The summed E-state index contributed by atoms with van der Waals surface area (Å²) in [6.45, 7) is 1.02. The zero-order chi connectivity index (χ0) is 7.11. The summed E-state index contributed by atoms with van der Waals surface area (Å²) < 4.78 is 0. The Bertz CT molecular complexity index is 87.0. The first-order valence-electron chi connectivity index (χ1n) is 2.84. The molecule has 4 heteroatoms. The summed E-state index contributed by atoms with van der Waals surface area (Å²) in [6, 6.07) is 0. The molecule has 0 spiro atoms. The van der Waals surface area contributed by atoms with Crippen molar-refractivity contribution >= 4 is 17.5 Å². The maximum atomic E-state index is 10.6. The fourth-order valence-corrected chi connectivity index (χ4v) is 0.557. The van der Waals surface area contributed by atoms with Crippen molar-refractivity contribution in [1.82, 2.24) is 5.32 Å². The van der Waals surface area contributed by atoms with Gasteiger partial charge in [0.05, 0.1) is 0 Å². The second kappa shape index (κ2) is 5.85. The molecule has 0 bridgehead atoms. The topological polar surface area (TPSA) is 55.1 Å². The lowest BCUT2D eigenvalue weighted by atomic mass is 10.4. The highest BCUT2D eigenvalue weighted by molar-refractivity contribution is 6.18. The first kappa shape index (κ1) is 8.72. The number of halogens is 1. The Morgan fingerprint density at radius 1 is 1.67 bits per heavy atom. The minimum absolute atomic E-state index is 0.0320. The van der Waals surface area contributed by atoms with Crippen LogP contribution >= 0.6 is 11.6 Å². The molecule has 3 N–H and O–H groups in total. The van der Waals surface area contributed by atoms with Gasteiger partial charge in [0.15, 0.2) is 0 Å². The van der Waals surface area contributed by atoms with Gasteiger partial charge < -0.3 is 11.1 Å². The van der Waals surface area contributed by atoms with E-state index in [-0.39, 0.29) is 5.91 Å². The van der Waals surface area contributed by atoms with E-state index in [4.69, 9.17) is 17.3 Å². The monoisotopic (exact) mass is 150 g/mol. The number of nitrogens with one attached hydrogen (secondary N) is 1. The molecule has 0 fully saturated rings. The van der Waals surface area contributed by atoms with Gasteiger partial charge in [-0.2, -0.15) is 0 Å². The lowest BCUT2D eigenvalue weighted by molar-refractivity contribution is -0.120. The molecular weight excluding hydrogens is 140 g/mol. The molecule has 0 atom stereocenters. The van der Waals surface area contributed by atoms with Crippen molar-refractivity contribution in [3.63, 3.8) is 0 Å². The summed E-state index contributed by atoms with van der Waals surface area (Å²) in [6.07, 6.45) is 0.377. The van der Waals surface area contributed by atoms with E-state index in [0.29, 0.717) is 25.4 Å². The fourth-order valence-electron chi connectivity index (χ4n) is 0.386. The van der Waals surface area contributed by atoms with Gasteiger partial charge in [0.25, 0.3) is 0 Å². The minimum atomic E-state index is -0.0320. The molecule has 0 heterocycles. The molecule has 0 aliphatic rings. The molecule has 0 rings (SSSR count). The van der Waals surface area contributed by atoms with Crippen LogP contribution in [0.1, 0.15) is 6.42 Å².